The molecule has 24 heavy (non-hydrogen) atoms. The van der Waals surface area contributed by atoms with Crippen LogP contribution in [0.3, 0.4) is 0 Å². The Kier molecular flexibility index (Phi) is 5.13. The lowest BCUT2D eigenvalue weighted by Gasteiger charge is -2.14. The Bertz CT molecular complexity index is 838. The predicted octanol–water partition coefficient (Wildman–Crippen LogP) is 2.02. The van der Waals surface area contributed by atoms with Gasteiger partial charge in [-0.05, 0) is 31.5 Å². The van der Waals surface area contributed by atoms with E-state index in [1.165, 1.54) is 36.1 Å². The molecule has 0 saturated heterocycles. The van der Waals surface area contributed by atoms with E-state index >= 15 is 0 Å². The number of hydrogen-bond acceptors (Lipinski definition) is 5. The van der Waals surface area contributed by atoms with E-state index in [9.17, 15) is 13.2 Å². The van der Waals surface area contributed by atoms with Gasteiger partial charge >= 0.3 is 5.97 Å². The van der Waals surface area contributed by atoms with Crippen LogP contribution in [-0.2, 0) is 17.1 Å². The minimum absolute atomic E-state index is 0.00432. The van der Waals surface area contributed by atoms with Crippen LogP contribution in [0.1, 0.15) is 29.3 Å². The number of hydrogen-bond donors (Lipinski definition) is 2. The molecule has 0 aliphatic heterocycles. The second-order valence-corrected chi connectivity index (χ2v) is 6.82. The van der Waals surface area contributed by atoms with Crippen molar-refractivity contribution >= 4 is 21.7 Å². The molecule has 0 bridgehead atoms. The zero-order chi connectivity index (χ0) is 17.9. The summed E-state index contributed by atoms with van der Waals surface area (Å²) in [5, 5.41) is 13.0. The number of carboxylic acids is 1. The molecule has 8 nitrogen and oxygen atoms in total. The molecule has 0 atom stereocenters. The molecule has 2 rings (SSSR count). The number of sulfonamides is 1. The molecule has 0 aliphatic rings. The van der Waals surface area contributed by atoms with Gasteiger partial charge in [0.15, 0.2) is 5.03 Å². The second kappa shape index (κ2) is 6.91. The summed E-state index contributed by atoms with van der Waals surface area (Å²) in [6.45, 7) is 3.92. The van der Waals surface area contributed by atoms with Crippen molar-refractivity contribution in [2.24, 2.45) is 7.05 Å². The third kappa shape index (κ3) is 3.67. The molecule has 1 heterocycles. The van der Waals surface area contributed by atoms with Gasteiger partial charge in [0.05, 0.1) is 24.1 Å². The Labute approximate surface area is 140 Å². The van der Waals surface area contributed by atoms with Gasteiger partial charge in [0, 0.05) is 12.6 Å². The highest BCUT2D eigenvalue weighted by molar-refractivity contribution is 7.92. The van der Waals surface area contributed by atoms with Crippen molar-refractivity contribution in [3.8, 4) is 5.75 Å². The number of anilines is 1. The van der Waals surface area contributed by atoms with Crippen LogP contribution >= 0.6 is 0 Å². The van der Waals surface area contributed by atoms with Gasteiger partial charge in [-0.15, -0.1) is 0 Å². The maximum atomic E-state index is 12.6. The third-order valence-electron chi connectivity index (χ3n) is 3.24. The van der Waals surface area contributed by atoms with Crippen molar-refractivity contribution in [3.63, 3.8) is 0 Å². The van der Waals surface area contributed by atoms with E-state index in [0.717, 1.165) is 6.42 Å². The Morgan fingerprint density at radius 3 is 2.67 bits per heavy atom. The standard InChI is InChI=1S/C15H19N3O5S/c1-4-7-23-13-6-5-11(15(19)20)8-12(13)17-24(21,22)14-10(2)9-16-18(14)3/h5-6,8-9,17H,4,7H2,1-3H3,(H,19,20). The summed E-state index contributed by atoms with van der Waals surface area (Å²) in [5.41, 5.74) is 0.512. The number of ether oxygens (including phenoxy) is 1. The average molecular weight is 353 g/mol. The molecule has 1 aromatic carbocycles. The van der Waals surface area contributed by atoms with Crippen LogP contribution in [0.5, 0.6) is 5.75 Å². The van der Waals surface area contributed by atoms with E-state index < -0.39 is 16.0 Å². The molecule has 130 valence electrons. The highest BCUT2D eigenvalue weighted by Crippen LogP contribution is 2.29. The molecular weight excluding hydrogens is 334 g/mol. The molecular formula is C15H19N3O5S. The minimum Gasteiger partial charge on any atom is -0.491 e. The Balaban J connectivity index is 2.46. The Morgan fingerprint density at radius 2 is 2.12 bits per heavy atom. The van der Waals surface area contributed by atoms with Crippen molar-refractivity contribution in [2.75, 3.05) is 11.3 Å². The maximum Gasteiger partial charge on any atom is 0.335 e. The van der Waals surface area contributed by atoms with Gasteiger partial charge in [-0.1, -0.05) is 6.92 Å². The highest BCUT2D eigenvalue weighted by Gasteiger charge is 2.23. The van der Waals surface area contributed by atoms with Crippen LogP contribution in [0.25, 0.3) is 0 Å². The van der Waals surface area contributed by atoms with Crippen LogP contribution in [0.2, 0.25) is 0 Å². The second-order valence-electron chi connectivity index (χ2n) is 5.23. The zero-order valence-electron chi connectivity index (χ0n) is 13.6. The summed E-state index contributed by atoms with van der Waals surface area (Å²) in [4.78, 5) is 11.1. The maximum absolute atomic E-state index is 12.6. The largest absolute Gasteiger partial charge is 0.491 e. The van der Waals surface area contributed by atoms with Crippen molar-refractivity contribution in [3.05, 3.63) is 35.5 Å². The molecule has 0 spiro atoms. The lowest BCUT2D eigenvalue weighted by molar-refractivity contribution is 0.0697. The fraction of sp³-hybridized carbons (Fsp3) is 0.333. The first-order valence-electron chi connectivity index (χ1n) is 7.27. The number of aromatic nitrogens is 2. The van der Waals surface area contributed by atoms with E-state index in [1.807, 2.05) is 6.92 Å². The molecule has 0 aliphatic carbocycles. The number of benzene rings is 1. The van der Waals surface area contributed by atoms with Crippen LogP contribution < -0.4 is 9.46 Å². The molecule has 0 unspecified atom stereocenters. The number of aromatic carboxylic acids is 1. The van der Waals surface area contributed by atoms with E-state index in [0.29, 0.717) is 12.2 Å². The predicted molar refractivity (Wildman–Crippen MR) is 87.9 cm³/mol. The first-order valence-corrected chi connectivity index (χ1v) is 8.76. The van der Waals surface area contributed by atoms with E-state index in [-0.39, 0.29) is 22.0 Å². The van der Waals surface area contributed by atoms with Crippen molar-refractivity contribution in [2.45, 2.75) is 25.3 Å². The minimum atomic E-state index is -3.94. The molecule has 0 saturated carbocycles. The molecule has 1 aromatic heterocycles. The molecule has 2 aromatic rings. The fourth-order valence-electron chi connectivity index (χ4n) is 2.20. The SMILES string of the molecule is CCCOc1ccc(C(=O)O)cc1NS(=O)(=O)c1c(C)cnn1C. The van der Waals surface area contributed by atoms with Crippen molar-refractivity contribution in [1.82, 2.24) is 9.78 Å². The lowest BCUT2D eigenvalue weighted by Crippen LogP contribution is -2.18. The number of nitrogens with one attached hydrogen (secondary N) is 1. The zero-order valence-corrected chi connectivity index (χ0v) is 14.4. The smallest absolute Gasteiger partial charge is 0.335 e. The molecule has 0 radical (unpaired) electrons. The van der Waals surface area contributed by atoms with Gasteiger partial charge in [-0.2, -0.15) is 13.5 Å². The summed E-state index contributed by atoms with van der Waals surface area (Å²) in [5.74, 6) is -0.889. The first-order chi connectivity index (χ1) is 11.3. The number of nitrogens with zero attached hydrogens (tertiary/aromatic N) is 2. The highest BCUT2D eigenvalue weighted by atomic mass is 32.2. The number of rotatable bonds is 7. The fourth-order valence-corrected chi connectivity index (χ4v) is 3.61. The van der Waals surface area contributed by atoms with Crippen molar-refractivity contribution < 1.29 is 23.1 Å². The van der Waals surface area contributed by atoms with E-state index in [1.54, 1.807) is 6.92 Å². The summed E-state index contributed by atoms with van der Waals surface area (Å²) in [6.07, 6.45) is 2.17. The molecule has 9 heteroatoms. The van der Waals surface area contributed by atoms with Gasteiger partial charge in [-0.3, -0.25) is 9.40 Å². The number of aryl methyl sites for hydroxylation is 2. The summed E-state index contributed by atoms with van der Waals surface area (Å²) < 4.78 is 34.4. The lowest BCUT2D eigenvalue weighted by atomic mass is 10.2. The van der Waals surface area contributed by atoms with Gasteiger partial charge < -0.3 is 9.84 Å². The Hall–Kier alpha value is -2.55. The Morgan fingerprint density at radius 1 is 1.42 bits per heavy atom. The van der Waals surface area contributed by atoms with Crippen LogP contribution in [0.15, 0.2) is 29.4 Å². The molecule has 2 N–H and O–H groups in total. The van der Waals surface area contributed by atoms with E-state index in [2.05, 4.69) is 9.82 Å². The number of carbonyl (C=O) groups is 1. The van der Waals surface area contributed by atoms with Crippen LogP contribution in [0.4, 0.5) is 5.69 Å². The van der Waals surface area contributed by atoms with Crippen LogP contribution in [0, 0.1) is 6.92 Å². The molecule has 0 amide bonds. The van der Waals surface area contributed by atoms with Gasteiger partial charge in [-0.25, -0.2) is 4.79 Å². The summed E-state index contributed by atoms with van der Waals surface area (Å²) >= 11 is 0. The summed E-state index contributed by atoms with van der Waals surface area (Å²) in [7, 11) is -2.43. The van der Waals surface area contributed by atoms with Crippen molar-refractivity contribution in [1.29, 1.82) is 0 Å². The van der Waals surface area contributed by atoms with E-state index in [4.69, 9.17) is 9.84 Å². The average Bonchev–Trinajstić information content (AvgIpc) is 2.85. The monoisotopic (exact) mass is 353 g/mol. The van der Waals surface area contributed by atoms with Gasteiger partial charge in [0.25, 0.3) is 10.0 Å². The first kappa shape index (κ1) is 17.8. The van der Waals surface area contributed by atoms with Crippen LogP contribution in [-0.4, -0.2) is 35.9 Å². The van der Waals surface area contributed by atoms with Gasteiger partial charge in [0.1, 0.15) is 5.75 Å². The topological polar surface area (TPSA) is 111 Å². The third-order valence-corrected chi connectivity index (χ3v) is 4.83. The summed E-state index contributed by atoms with van der Waals surface area (Å²) in [6, 6.07) is 4.03. The quantitative estimate of drug-likeness (QED) is 0.788. The molecule has 0 fully saturated rings. The number of carboxylic acid groups (broad SMARTS) is 1. The van der Waals surface area contributed by atoms with Gasteiger partial charge in [0.2, 0.25) is 0 Å². The normalized spacial score (nSPS) is 11.3.